The molecule has 0 unspecified atom stereocenters. The number of benzene rings is 3. The van der Waals surface area contributed by atoms with Crippen molar-refractivity contribution < 1.29 is 13.2 Å². The second-order valence-corrected chi connectivity index (χ2v) is 9.51. The van der Waals surface area contributed by atoms with Gasteiger partial charge in [-0.05, 0) is 41.8 Å². The van der Waals surface area contributed by atoms with Crippen LogP contribution in [0, 0.1) is 0 Å². The monoisotopic (exact) mass is 412 g/mol. The number of nitrogens with one attached hydrogen (secondary N) is 1. The first kappa shape index (κ1) is 18.8. The fraction of sp³-hybridized carbons (Fsp3) is 0.190. The number of hydrogen-bond donors (Lipinski definition) is 1. The van der Waals surface area contributed by atoms with Gasteiger partial charge in [-0.25, -0.2) is 8.42 Å². The van der Waals surface area contributed by atoms with E-state index in [4.69, 9.17) is 0 Å². The molecular weight excluding hydrogens is 392 g/mol. The van der Waals surface area contributed by atoms with Crippen molar-refractivity contribution in [1.29, 1.82) is 0 Å². The molecule has 3 aromatic carbocycles. The highest BCUT2D eigenvalue weighted by Gasteiger charge is 2.36. The average molecular weight is 413 g/mol. The molecule has 1 aliphatic heterocycles. The van der Waals surface area contributed by atoms with Gasteiger partial charge in [-0.3, -0.25) is 9.10 Å². The number of carbonyl (C=O) groups excluding carboxylic acids is 1. The van der Waals surface area contributed by atoms with E-state index in [9.17, 15) is 13.2 Å². The fourth-order valence-corrected chi connectivity index (χ4v) is 5.86. The molecule has 1 amide bonds. The fourth-order valence-electron chi connectivity index (χ4n) is 3.32. The second-order valence-electron chi connectivity index (χ2n) is 6.51. The SMILES string of the molecule is O=C(CN1c2cccc3cccc(c23)S1(=O)=O)NCCCSc1ccccc1. The Morgan fingerprint density at radius 2 is 1.71 bits per heavy atom. The van der Waals surface area contributed by atoms with Crippen molar-refractivity contribution in [2.45, 2.75) is 16.2 Å². The Morgan fingerprint density at radius 1 is 0.964 bits per heavy atom. The summed E-state index contributed by atoms with van der Waals surface area (Å²) in [4.78, 5) is 13.8. The van der Waals surface area contributed by atoms with E-state index < -0.39 is 10.0 Å². The summed E-state index contributed by atoms with van der Waals surface area (Å²) in [5.74, 6) is 0.593. The van der Waals surface area contributed by atoms with Crippen molar-refractivity contribution in [3.63, 3.8) is 0 Å². The van der Waals surface area contributed by atoms with Crippen molar-refractivity contribution in [3.05, 3.63) is 66.7 Å². The maximum absolute atomic E-state index is 12.9. The van der Waals surface area contributed by atoms with E-state index in [1.54, 1.807) is 30.0 Å². The molecular formula is C21H20N2O3S2. The van der Waals surface area contributed by atoms with Crippen LogP contribution in [0.3, 0.4) is 0 Å². The maximum atomic E-state index is 12.9. The van der Waals surface area contributed by atoms with Crippen molar-refractivity contribution in [2.24, 2.45) is 0 Å². The lowest BCUT2D eigenvalue weighted by atomic mass is 10.1. The molecule has 5 nitrogen and oxygen atoms in total. The van der Waals surface area contributed by atoms with Crippen LogP contribution in [-0.2, 0) is 14.8 Å². The summed E-state index contributed by atoms with van der Waals surface area (Å²) >= 11 is 1.74. The van der Waals surface area contributed by atoms with Gasteiger partial charge in [-0.15, -0.1) is 11.8 Å². The molecule has 1 N–H and O–H groups in total. The van der Waals surface area contributed by atoms with E-state index in [1.165, 1.54) is 9.20 Å². The highest BCUT2D eigenvalue weighted by molar-refractivity contribution is 7.99. The third kappa shape index (κ3) is 3.59. The molecule has 4 rings (SSSR count). The van der Waals surface area contributed by atoms with Crippen LogP contribution in [0.5, 0.6) is 0 Å². The minimum absolute atomic E-state index is 0.206. The van der Waals surface area contributed by atoms with Gasteiger partial charge in [0.05, 0.1) is 10.6 Å². The summed E-state index contributed by atoms with van der Waals surface area (Å²) < 4.78 is 27.0. The molecule has 0 saturated carbocycles. The first-order valence-corrected chi connectivity index (χ1v) is 11.5. The number of sulfonamides is 1. The first-order valence-electron chi connectivity index (χ1n) is 9.06. The molecule has 0 aromatic heterocycles. The smallest absolute Gasteiger partial charge is 0.265 e. The number of nitrogens with zero attached hydrogens (tertiary/aromatic N) is 1. The number of anilines is 1. The van der Waals surface area contributed by atoms with Crippen LogP contribution in [-0.4, -0.2) is 33.2 Å². The Hall–Kier alpha value is -2.51. The van der Waals surface area contributed by atoms with E-state index in [2.05, 4.69) is 17.4 Å². The highest BCUT2D eigenvalue weighted by Crippen LogP contribution is 2.41. The first-order chi connectivity index (χ1) is 13.6. The van der Waals surface area contributed by atoms with Crippen molar-refractivity contribution in [3.8, 4) is 0 Å². The molecule has 0 atom stereocenters. The van der Waals surface area contributed by atoms with Crippen LogP contribution in [0.4, 0.5) is 5.69 Å². The van der Waals surface area contributed by atoms with Gasteiger partial charge in [0.1, 0.15) is 6.54 Å². The molecule has 0 bridgehead atoms. The van der Waals surface area contributed by atoms with Gasteiger partial charge in [0.25, 0.3) is 10.0 Å². The molecule has 28 heavy (non-hydrogen) atoms. The Morgan fingerprint density at radius 3 is 2.50 bits per heavy atom. The average Bonchev–Trinajstić information content (AvgIpc) is 2.92. The van der Waals surface area contributed by atoms with Gasteiger partial charge < -0.3 is 5.32 Å². The Kier molecular flexibility index (Phi) is 5.28. The summed E-state index contributed by atoms with van der Waals surface area (Å²) in [6, 6.07) is 20.7. The quantitative estimate of drug-likeness (QED) is 0.475. The molecule has 0 aliphatic carbocycles. The molecule has 0 fully saturated rings. The zero-order valence-electron chi connectivity index (χ0n) is 15.2. The molecule has 0 saturated heterocycles. The summed E-state index contributed by atoms with van der Waals surface area (Å²) in [5, 5.41) is 4.39. The number of rotatable bonds is 7. The van der Waals surface area contributed by atoms with Crippen LogP contribution >= 0.6 is 11.8 Å². The van der Waals surface area contributed by atoms with Crippen LogP contribution in [0.15, 0.2) is 76.5 Å². The van der Waals surface area contributed by atoms with Gasteiger partial charge in [-0.1, -0.05) is 42.5 Å². The zero-order valence-corrected chi connectivity index (χ0v) is 16.8. The van der Waals surface area contributed by atoms with E-state index in [1.807, 2.05) is 36.4 Å². The number of hydrogen-bond acceptors (Lipinski definition) is 4. The topological polar surface area (TPSA) is 66.5 Å². The van der Waals surface area contributed by atoms with Crippen LogP contribution in [0.1, 0.15) is 6.42 Å². The van der Waals surface area contributed by atoms with Gasteiger partial charge in [0.2, 0.25) is 5.91 Å². The van der Waals surface area contributed by atoms with Gasteiger partial charge in [0, 0.05) is 16.8 Å². The van der Waals surface area contributed by atoms with Crippen molar-refractivity contribution in [1.82, 2.24) is 5.32 Å². The van der Waals surface area contributed by atoms with E-state index in [-0.39, 0.29) is 17.3 Å². The Labute approximate surface area is 168 Å². The number of carbonyl (C=O) groups is 1. The zero-order chi connectivity index (χ0) is 19.6. The van der Waals surface area contributed by atoms with E-state index in [0.717, 1.165) is 17.6 Å². The van der Waals surface area contributed by atoms with Crippen molar-refractivity contribution in [2.75, 3.05) is 23.1 Å². The number of amides is 1. The molecule has 7 heteroatoms. The lowest BCUT2D eigenvalue weighted by Crippen LogP contribution is -2.39. The lowest BCUT2D eigenvalue weighted by molar-refractivity contribution is -0.119. The van der Waals surface area contributed by atoms with Crippen LogP contribution in [0.25, 0.3) is 10.8 Å². The standard InChI is InChI=1S/C21H20N2O3S2/c24-20(22-13-6-14-27-17-9-2-1-3-10-17)15-23-18-11-4-7-16-8-5-12-19(21(16)18)28(23,25)26/h1-5,7-12H,6,13-15H2,(H,22,24). The second kappa shape index (κ2) is 7.85. The summed E-state index contributed by atoms with van der Waals surface area (Å²) in [6.45, 7) is 0.311. The number of thioether (sulfide) groups is 1. The molecule has 3 aromatic rings. The Bertz CT molecular complexity index is 1110. The van der Waals surface area contributed by atoms with E-state index in [0.29, 0.717) is 17.6 Å². The molecule has 144 valence electrons. The van der Waals surface area contributed by atoms with Gasteiger partial charge in [0.15, 0.2) is 0 Å². The van der Waals surface area contributed by atoms with E-state index >= 15 is 0 Å². The minimum Gasteiger partial charge on any atom is -0.354 e. The summed E-state index contributed by atoms with van der Waals surface area (Å²) in [7, 11) is -3.70. The molecule has 1 heterocycles. The third-order valence-electron chi connectivity index (χ3n) is 4.62. The molecule has 0 spiro atoms. The lowest BCUT2D eigenvalue weighted by Gasteiger charge is -2.18. The molecule has 0 radical (unpaired) electrons. The van der Waals surface area contributed by atoms with Crippen LogP contribution < -0.4 is 9.62 Å². The minimum atomic E-state index is -3.70. The van der Waals surface area contributed by atoms with Gasteiger partial charge >= 0.3 is 0 Å². The van der Waals surface area contributed by atoms with Crippen LogP contribution in [0.2, 0.25) is 0 Å². The summed E-state index contributed by atoms with van der Waals surface area (Å²) in [6.07, 6.45) is 0.813. The Balaban J connectivity index is 1.36. The molecule has 1 aliphatic rings. The normalized spacial score (nSPS) is 14.4. The van der Waals surface area contributed by atoms with Crippen molar-refractivity contribution >= 4 is 44.2 Å². The summed E-state index contributed by atoms with van der Waals surface area (Å²) in [5.41, 5.74) is 0.572. The predicted octanol–water partition coefficient (Wildman–Crippen LogP) is 3.65. The maximum Gasteiger partial charge on any atom is 0.265 e. The highest BCUT2D eigenvalue weighted by atomic mass is 32.2. The third-order valence-corrected chi connectivity index (χ3v) is 7.52. The predicted molar refractivity (Wildman–Crippen MR) is 113 cm³/mol. The van der Waals surface area contributed by atoms with Gasteiger partial charge in [-0.2, -0.15) is 0 Å². The largest absolute Gasteiger partial charge is 0.354 e.